The molecule has 1 rings (SSSR count). The van der Waals surface area contributed by atoms with Gasteiger partial charge in [-0.05, 0) is 19.1 Å². The van der Waals surface area contributed by atoms with Gasteiger partial charge in [0.25, 0.3) is 0 Å². The molecule has 1 amide bonds. The van der Waals surface area contributed by atoms with E-state index in [0.29, 0.717) is 5.56 Å². The standard InChI is InChI=1S/C9H11N3O2.2ClH/c1-9(11,8(10)14)7(13)6-2-4-12-5-3-6;;/h2-5H,11H2,1H3,(H2,10,14);2*1H/t9-;;/m1../s1. The lowest BCUT2D eigenvalue weighted by molar-refractivity contribution is -0.121. The minimum Gasteiger partial charge on any atom is -0.368 e. The predicted molar refractivity (Wildman–Crippen MR) is 64.9 cm³/mol. The molecule has 7 heteroatoms. The summed E-state index contributed by atoms with van der Waals surface area (Å²) in [6.45, 7) is 1.29. The molecule has 0 aliphatic rings. The molecule has 1 atom stereocenters. The lowest BCUT2D eigenvalue weighted by Gasteiger charge is -2.18. The number of hydrogen-bond acceptors (Lipinski definition) is 4. The van der Waals surface area contributed by atoms with Crippen LogP contribution in [0.15, 0.2) is 24.5 Å². The molecule has 16 heavy (non-hydrogen) atoms. The highest BCUT2D eigenvalue weighted by Crippen LogP contribution is 2.09. The summed E-state index contributed by atoms with van der Waals surface area (Å²) in [6.07, 6.45) is 2.90. The maximum atomic E-state index is 11.7. The third-order valence-electron chi connectivity index (χ3n) is 1.93. The van der Waals surface area contributed by atoms with Crippen molar-refractivity contribution >= 4 is 36.5 Å². The molecule has 0 bridgehead atoms. The predicted octanol–water partition coefficient (Wildman–Crippen LogP) is 0.311. The van der Waals surface area contributed by atoms with Gasteiger partial charge in [0.15, 0.2) is 11.3 Å². The Bertz CT molecular complexity index is 368. The van der Waals surface area contributed by atoms with Crippen LogP contribution in [0.5, 0.6) is 0 Å². The van der Waals surface area contributed by atoms with Crippen molar-refractivity contribution in [3.63, 3.8) is 0 Å². The number of primary amides is 1. The molecule has 0 saturated heterocycles. The molecule has 1 aromatic heterocycles. The van der Waals surface area contributed by atoms with Crippen LogP contribution in [-0.2, 0) is 4.79 Å². The highest BCUT2D eigenvalue weighted by molar-refractivity contribution is 6.16. The molecule has 90 valence electrons. The summed E-state index contributed by atoms with van der Waals surface area (Å²) >= 11 is 0. The Balaban J connectivity index is 0. The van der Waals surface area contributed by atoms with Gasteiger partial charge in [-0.2, -0.15) is 0 Å². The summed E-state index contributed by atoms with van der Waals surface area (Å²) in [5.74, 6) is -1.35. The van der Waals surface area contributed by atoms with Gasteiger partial charge in [0.05, 0.1) is 0 Å². The van der Waals surface area contributed by atoms with E-state index in [0.717, 1.165) is 0 Å². The van der Waals surface area contributed by atoms with E-state index in [-0.39, 0.29) is 24.8 Å². The molecule has 4 N–H and O–H groups in total. The lowest BCUT2D eigenvalue weighted by Crippen LogP contribution is -2.55. The van der Waals surface area contributed by atoms with Gasteiger partial charge in [-0.15, -0.1) is 24.8 Å². The van der Waals surface area contributed by atoms with Gasteiger partial charge in [0, 0.05) is 18.0 Å². The molecule has 0 aromatic carbocycles. The number of hydrogen-bond donors (Lipinski definition) is 2. The van der Waals surface area contributed by atoms with Gasteiger partial charge in [-0.3, -0.25) is 14.6 Å². The van der Waals surface area contributed by atoms with E-state index in [1.54, 1.807) is 0 Å². The minimum atomic E-state index is -1.67. The summed E-state index contributed by atoms with van der Waals surface area (Å²) in [4.78, 5) is 26.3. The van der Waals surface area contributed by atoms with Crippen molar-refractivity contribution < 1.29 is 9.59 Å². The topological polar surface area (TPSA) is 99.1 Å². The normalized spacial score (nSPS) is 12.6. The Hall–Kier alpha value is -1.17. The number of rotatable bonds is 3. The molecule has 0 aliphatic carbocycles. The third-order valence-corrected chi connectivity index (χ3v) is 1.93. The molecular formula is C9H13Cl2N3O2. The molecular weight excluding hydrogens is 253 g/mol. The van der Waals surface area contributed by atoms with Gasteiger partial charge in [0.2, 0.25) is 5.91 Å². The largest absolute Gasteiger partial charge is 0.368 e. The number of carbonyl (C=O) groups excluding carboxylic acids is 2. The van der Waals surface area contributed by atoms with Crippen LogP contribution in [0.25, 0.3) is 0 Å². The highest BCUT2D eigenvalue weighted by Gasteiger charge is 2.35. The quantitative estimate of drug-likeness (QED) is 0.607. The van der Waals surface area contributed by atoms with Gasteiger partial charge in [-0.25, -0.2) is 0 Å². The van der Waals surface area contributed by atoms with E-state index in [2.05, 4.69) is 4.98 Å². The first-order valence-corrected chi connectivity index (χ1v) is 4.00. The number of amides is 1. The van der Waals surface area contributed by atoms with Crippen molar-refractivity contribution in [2.75, 3.05) is 0 Å². The maximum Gasteiger partial charge on any atom is 0.245 e. The van der Waals surface area contributed by atoms with Crippen LogP contribution in [0.1, 0.15) is 17.3 Å². The van der Waals surface area contributed by atoms with Gasteiger partial charge in [-0.1, -0.05) is 0 Å². The number of ketones is 1. The van der Waals surface area contributed by atoms with Crippen molar-refractivity contribution in [1.82, 2.24) is 4.98 Å². The number of pyridine rings is 1. The summed E-state index contributed by atoms with van der Waals surface area (Å²) in [7, 11) is 0. The van der Waals surface area contributed by atoms with E-state index in [9.17, 15) is 9.59 Å². The SMILES string of the molecule is C[C@](N)(C(N)=O)C(=O)c1ccncc1.Cl.Cl. The van der Waals surface area contributed by atoms with Crippen LogP contribution >= 0.6 is 24.8 Å². The molecule has 0 aliphatic heterocycles. The lowest BCUT2D eigenvalue weighted by atomic mass is 9.92. The number of carbonyl (C=O) groups is 2. The Morgan fingerprint density at radius 2 is 1.69 bits per heavy atom. The van der Waals surface area contributed by atoms with Crippen molar-refractivity contribution in [2.45, 2.75) is 12.5 Å². The van der Waals surface area contributed by atoms with Crippen molar-refractivity contribution in [2.24, 2.45) is 11.5 Å². The Labute approximate surface area is 105 Å². The first-order valence-electron chi connectivity index (χ1n) is 4.00. The van der Waals surface area contributed by atoms with Crippen LogP contribution < -0.4 is 11.5 Å². The van der Waals surface area contributed by atoms with Crippen LogP contribution in [0.3, 0.4) is 0 Å². The first kappa shape index (κ1) is 17.2. The van der Waals surface area contributed by atoms with Crippen LogP contribution in [0, 0.1) is 0 Å². The minimum absolute atomic E-state index is 0. The number of nitrogens with two attached hydrogens (primary N) is 2. The first-order chi connectivity index (χ1) is 6.46. The van der Waals surface area contributed by atoms with Crippen molar-refractivity contribution in [1.29, 1.82) is 0 Å². The number of Topliss-reactive ketones (excluding diaryl/α,β-unsaturated/α-hetero) is 1. The molecule has 0 saturated carbocycles. The second-order valence-corrected chi connectivity index (χ2v) is 3.13. The molecule has 0 unspecified atom stereocenters. The fourth-order valence-corrected chi connectivity index (χ4v) is 0.915. The molecule has 0 fully saturated rings. The van der Waals surface area contributed by atoms with Gasteiger partial charge >= 0.3 is 0 Å². The zero-order valence-corrected chi connectivity index (χ0v) is 10.2. The second kappa shape index (κ2) is 6.42. The van der Waals surface area contributed by atoms with Gasteiger partial charge in [0.1, 0.15) is 0 Å². The zero-order valence-electron chi connectivity index (χ0n) is 8.54. The van der Waals surface area contributed by atoms with E-state index in [1.165, 1.54) is 31.5 Å². The van der Waals surface area contributed by atoms with E-state index in [1.807, 2.05) is 0 Å². The summed E-state index contributed by atoms with van der Waals surface area (Å²) in [5, 5.41) is 0. The Morgan fingerprint density at radius 3 is 2.06 bits per heavy atom. The Morgan fingerprint density at radius 1 is 1.25 bits per heavy atom. The number of nitrogens with zero attached hydrogens (tertiary/aromatic N) is 1. The monoisotopic (exact) mass is 265 g/mol. The summed E-state index contributed by atoms with van der Waals surface area (Å²) < 4.78 is 0. The summed E-state index contributed by atoms with van der Waals surface area (Å²) in [5.41, 5.74) is 9.16. The highest BCUT2D eigenvalue weighted by atomic mass is 35.5. The van der Waals surface area contributed by atoms with Gasteiger partial charge < -0.3 is 11.5 Å². The second-order valence-electron chi connectivity index (χ2n) is 3.13. The summed E-state index contributed by atoms with van der Waals surface area (Å²) in [6, 6.07) is 2.97. The molecule has 1 heterocycles. The number of halogens is 2. The average Bonchev–Trinajstić information content (AvgIpc) is 2.17. The van der Waals surface area contributed by atoms with E-state index >= 15 is 0 Å². The smallest absolute Gasteiger partial charge is 0.245 e. The van der Waals surface area contributed by atoms with Crippen molar-refractivity contribution in [3.8, 4) is 0 Å². The van der Waals surface area contributed by atoms with Crippen LogP contribution in [-0.4, -0.2) is 22.2 Å². The Kier molecular flexibility index (Phi) is 6.91. The van der Waals surface area contributed by atoms with Crippen LogP contribution in [0.2, 0.25) is 0 Å². The van der Waals surface area contributed by atoms with E-state index < -0.39 is 17.2 Å². The fourth-order valence-electron chi connectivity index (χ4n) is 0.915. The zero-order chi connectivity index (χ0) is 10.8. The van der Waals surface area contributed by atoms with Crippen molar-refractivity contribution in [3.05, 3.63) is 30.1 Å². The average molecular weight is 266 g/mol. The molecule has 0 spiro atoms. The third kappa shape index (κ3) is 3.44. The molecule has 0 radical (unpaired) electrons. The maximum absolute atomic E-state index is 11.7. The fraction of sp³-hybridized carbons (Fsp3) is 0.222. The molecule has 1 aromatic rings. The van der Waals surface area contributed by atoms with Crippen LogP contribution in [0.4, 0.5) is 0 Å². The number of aromatic nitrogens is 1. The molecule has 5 nitrogen and oxygen atoms in total. The van der Waals surface area contributed by atoms with E-state index in [4.69, 9.17) is 11.5 Å².